The van der Waals surface area contributed by atoms with Crippen molar-refractivity contribution >= 4 is 50.7 Å². The number of amides is 2. The van der Waals surface area contributed by atoms with E-state index in [1.54, 1.807) is 55.5 Å². The molecule has 0 saturated carbocycles. The first-order chi connectivity index (χ1) is 19.6. The molecule has 3 aromatic carbocycles. The monoisotopic (exact) mass is 619 g/mol. The van der Waals surface area contributed by atoms with Gasteiger partial charge in [-0.1, -0.05) is 54.4 Å². The lowest BCUT2D eigenvalue weighted by molar-refractivity contribution is -0.139. The Bertz CT molecular complexity index is 1500. The minimum absolute atomic E-state index is 0.00345. The molecule has 0 radical (unpaired) electrons. The molecule has 1 N–H and O–H groups in total. The lowest BCUT2D eigenvalue weighted by atomic mass is 10.1. The molecule has 218 valence electrons. The van der Waals surface area contributed by atoms with Crippen LogP contribution in [0.1, 0.15) is 25.8 Å². The summed E-state index contributed by atoms with van der Waals surface area (Å²) in [6, 6.07) is 16.4. The number of nitrogens with zero attached hydrogens (tertiary/aromatic N) is 2. The standard InChI is InChI=1S/C29H31Cl2N3O6S/c1-3-13-32-29(36)20(2)33(18-21-9-10-22(30)16-25(21)31)28(35)19-34(41(37,38)24-7-5-4-6-8-24)23-11-12-26-27(17-23)40-15-14-39-26/h4-12,16-17,20H,3,13-15,18-19H2,1-2H3,(H,32,36). The van der Waals surface area contributed by atoms with Crippen LogP contribution in [-0.2, 0) is 26.2 Å². The molecule has 1 atom stereocenters. The Morgan fingerprint density at radius 1 is 0.976 bits per heavy atom. The number of fused-ring (bicyclic) bond motifs is 1. The Morgan fingerprint density at radius 3 is 2.37 bits per heavy atom. The first-order valence-electron chi connectivity index (χ1n) is 13.1. The van der Waals surface area contributed by atoms with E-state index in [1.165, 1.54) is 23.1 Å². The summed E-state index contributed by atoms with van der Waals surface area (Å²) in [5, 5.41) is 3.54. The minimum atomic E-state index is -4.21. The number of carbonyl (C=O) groups is 2. The Labute approximate surface area is 250 Å². The van der Waals surface area contributed by atoms with Crippen LogP contribution < -0.4 is 19.1 Å². The van der Waals surface area contributed by atoms with Gasteiger partial charge in [-0.25, -0.2) is 8.42 Å². The fourth-order valence-electron chi connectivity index (χ4n) is 4.25. The molecule has 0 saturated heterocycles. The topological polar surface area (TPSA) is 105 Å². The van der Waals surface area contributed by atoms with Gasteiger partial charge in [0.25, 0.3) is 10.0 Å². The summed E-state index contributed by atoms with van der Waals surface area (Å²) in [7, 11) is -4.21. The second kappa shape index (κ2) is 13.5. The molecule has 1 aliphatic heterocycles. The molecule has 41 heavy (non-hydrogen) atoms. The van der Waals surface area contributed by atoms with Gasteiger partial charge in [0.2, 0.25) is 11.8 Å². The Hall–Kier alpha value is -3.47. The van der Waals surface area contributed by atoms with Crippen molar-refractivity contribution in [3.8, 4) is 11.5 Å². The maximum atomic E-state index is 14.0. The molecule has 2 amide bonds. The van der Waals surface area contributed by atoms with Gasteiger partial charge in [0.05, 0.1) is 10.6 Å². The molecule has 1 aliphatic rings. The normalized spacial score (nSPS) is 13.3. The van der Waals surface area contributed by atoms with Crippen LogP contribution in [0, 0.1) is 0 Å². The average Bonchev–Trinajstić information content (AvgIpc) is 2.98. The molecule has 4 rings (SSSR count). The van der Waals surface area contributed by atoms with E-state index in [2.05, 4.69) is 5.32 Å². The molecule has 0 aromatic heterocycles. The zero-order valence-electron chi connectivity index (χ0n) is 22.7. The second-order valence-electron chi connectivity index (χ2n) is 9.38. The Balaban J connectivity index is 1.74. The summed E-state index contributed by atoms with van der Waals surface area (Å²) >= 11 is 12.5. The SMILES string of the molecule is CCCNC(=O)C(C)N(Cc1ccc(Cl)cc1Cl)C(=O)CN(c1ccc2c(c1)OCCO2)S(=O)(=O)c1ccccc1. The predicted octanol–water partition coefficient (Wildman–Crippen LogP) is 4.90. The average molecular weight is 621 g/mol. The van der Waals surface area contributed by atoms with Crippen molar-refractivity contribution in [1.82, 2.24) is 10.2 Å². The summed E-state index contributed by atoms with van der Waals surface area (Å²) in [6.07, 6.45) is 0.711. The summed E-state index contributed by atoms with van der Waals surface area (Å²) < 4.78 is 40.1. The van der Waals surface area contributed by atoms with Crippen molar-refractivity contribution < 1.29 is 27.5 Å². The highest BCUT2D eigenvalue weighted by Gasteiger charge is 2.33. The third-order valence-corrected chi connectivity index (χ3v) is 8.87. The van der Waals surface area contributed by atoms with Crippen LogP contribution in [0.15, 0.2) is 71.6 Å². The van der Waals surface area contributed by atoms with E-state index in [0.29, 0.717) is 53.3 Å². The van der Waals surface area contributed by atoms with Gasteiger partial charge in [-0.05, 0) is 55.3 Å². The zero-order valence-corrected chi connectivity index (χ0v) is 25.0. The fourth-order valence-corrected chi connectivity index (χ4v) is 6.14. The van der Waals surface area contributed by atoms with Gasteiger partial charge in [0.15, 0.2) is 11.5 Å². The lowest BCUT2D eigenvalue weighted by Crippen LogP contribution is -2.51. The van der Waals surface area contributed by atoms with E-state index in [4.69, 9.17) is 32.7 Å². The van der Waals surface area contributed by atoms with Gasteiger partial charge in [-0.15, -0.1) is 0 Å². The maximum Gasteiger partial charge on any atom is 0.264 e. The van der Waals surface area contributed by atoms with Crippen molar-refractivity contribution in [3.05, 3.63) is 82.3 Å². The van der Waals surface area contributed by atoms with Gasteiger partial charge >= 0.3 is 0 Å². The number of ether oxygens (including phenoxy) is 2. The van der Waals surface area contributed by atoms with Gasteiger partial charge in [0.1, 0.15) is 25.8 Å². The van der Waals surface area contributed by atoms with Crippen LogP contribution in [0.5, 0.6) is 11.5 Å². The summed E-state index contributed by atoms with van der Waals surface area (Å²) in [5.74, 6) is -0.137. The number of rotatable bonds is 11. The van der Waals surface area contributed by atoms with Crippen molar-refractivity contribution in [2.45, 2.75) is 37.8 Å². The fraction of sp³-hybridized carbons (Fsp3) is 0.310. The first-order valence-corrected chi connectivity index (χ1v) is 15.3. The molecule has 1 unspecified atom stereocenters. The molecule has 0 bridgehead atoms. The van der Waals surface area contributed by atoms with Crippen LogP contribution in [0.4, 0.5) is 5.69 Å². The van der Waals surface area contributed by atoms with Gasteiger partial charge in [-0.3, -0.25) is 13.9 Å². The molecular weight excluding hydrogens is 589 g/mol. The molecule has 3 aromatic rings. The van der Waals surface area contributed by atoms with Gasteiger partial charge in [-0.2, -0.15) is 0 Å². The van der Waals surface area contributed by atoms with Crippen molar-refractivity contribution in [3.63, 3.8) is 0 Å². The van der Waals surface area contributed by atoms with E-state index < -0.39 is 28.5 Å². The number of nitrogens with one attached hydrogen (secondary N) is 1. The van der Waals surface area contributed by atoms with Crippen molar-refractivity contribution in [2.75, 3.05) is 30.6 Å². The minimum Gasteiger partial charge on any atom is -0.486 e. The number of benzene rings is 3. The summed E-state index contributed by atoms with van der Waals surface area (Å²) in [6.45, 7) is 3.98. The van der Waals surface area contributed by atoms with E-state index in [0.717, 1.165) is 4.31 Å². The number of hydrogen-bond donors (Lipinski definition) is 1. The first kappa shape index (κ1) is 30.5. The van der Waals surface area contributed by atoms with E-state index in [9.17, 15) is 18.0 Å². The molecule has 12 heteroatoms. The number of halogens is 2. The third kappa shape index (κ3) is 7.25. The van der Waals surface area contributed by atoms with Crippen LogP contribution in [0.2, 0.25) is 10.0 Å². The van der Waals surface area contributed by atoms with Crippen molar-refractivity contribution in [1.29, 1.82) is 0 Å². The third-order valence-electron chi connectivity index (χ3n) is 6.50. The summed E-state index contributed by atoms with van der Waals surface area (Å²) in [4.78, 5) is 28.3. The number of sulfonamides is 1. The molecular formula is C29H31Cl2N3O6S. The van der Waals surface area contributed by atoms with Gasteiger partial charge in [0, 0.05) is 29.2 Å². The van der Waals surface area contributed by atoms with Crippen LogP contribution in [-0.4, -0.2) is 57.5 Å². The Morgan fingerprint density at radius 2 is 1.68 bits per heavy atom. The highest BCUT2D eigenvalue weighted by molar-refractivity contribution is 7.92. The highest BCUT2D eigenvalue weighted by Crippen LogP contribution is 2.36. The number of anilines is 1. The quantitative estimate of drug-likeness (QED) is 0.327. The van der Waals surface area contributed by atoms with E-state index in [1.807, 2.05) is 6.92 Å². The maximum absolute atomic E-state index is 14.0. The lowest BCUT2D eigenvalue weighted by Gasteiger charge is -2.32. The Kier molecular flexibility index (Phi) is 10.0. The molecule has 9 nitrogen and oxygen atoms in total. The zero-order chi connectivity index (χ0) is 29.6. The highest BCUT2D eigenvalue weighted by atomic mass is 35.5. The molecule has 0 spiro atoms. The smallest absolute Gasteiger partial charge is 0.264 e. The van der Waals surface area contributed by atoms with Crippen LogP contribution in [0.3, 0.4) is 0 Å². The second-order valence-corrected chi connectivity index (χ2v) is 12.1. The number of hydrogen-bond acceptors (Lipinski definition) is 6. The summed E-state index contributed by atoms with van der Waals surface area (Å²) in [5.41, 5.74) is 0.760. The van der Waals surface area contributed by atoms with Crippen LogP contribution >= 0.6 is 23.2 Å². The van der Waals surface area contributed by atoms with Crippen molar-refractivity contribution in [2.24, 2.45) is 0 Å². The van der Waals surface area contributed by atoms with Crippen LogP contribution in [0.25, 0.3) is 0 Å². The van der Waals surface area contributed by atoms with Gasteiger partial charge < -0.3 is 19.7 Å². The largest absolute Gasteiger partial charge is 0.486 e. The number of carbonyl (C=O) groups excluding carboxylic acids is 2. The predicted molar refractivity (Wildman–Crippen MR) is 158 cm³/mol. The molecule has 0 fully saturated rings. The molecule has 0 aliphatic carbocycles. The van der Waals surface area contributed by atoms with E-state index in [-0.39, 0.29) is 23.0 Å². The van der Waals surface area contributed by atoms with E-state index >= 15 is 0 Å². The molecule has 1 heterocycles.